The molecule has 2 aromatic rings. The van der Waals surface area contributed by atoms with Gasteiger partial charge in [-0.3, -0.25) is 0 Å². The first-order valence-corrected chi connectivity index (χ1v) is 7.45. The smallest absolute Gasteiger partial charge is 0.186 e. The fraction of sp³-hybridized carbons (Fsp3) is 0.500. The van der Waals surface area contributed by atoms with Crippen molar-refractivity contribution in [2.75, 3.05) is 25.0 Å². The Kier molecular flexibility index (Phi) is 3.48. The van der Waals surface area contributed by atoms with Gasteiger partial charge in [0.1, 0.15) is 0 Å². The molecular formula is C14H19N3S. The molecule has 1 saturated heterocycles. The largest absolute Gasteiger partial charge is 0.350 e. The van der Waals surface area contributed by atoms with E-state index in [1.807, 2.05) is 0 Å². The van der Waals surface area contributed by atoms with Gasteiger partial charge in [0, 0.05) is 19.6 Å². The number of aromatic nitrogens is 1. The molecular weight excluding hydrogens is 242 g/mol. The normalized spacial score (nSPS) is 20.2. The molecule has 0 bridgehead atoms. The molecule has 0 spiro atoms. The Morgan fingerprint density at radius 3 is 3.06 bits per heavy atom. The summed E-state index contributed by atoms with van der Waals surface area (Å²) in [6.45, 7) is 2.22. The Labute approximate surface area is 112 Å². The zero-order valence-corrected chi connectivity index (χ0v) is 11.5. The number of likely N-dealkylation sites (N-methyl/N-ethyl adjacent to an activating group) is 1. The summed E-state index contributed by atoms with van der Waals surface area (Å²) in [5.41, 5.74) is 1.11. The van der Waals surface area contributed by atoms with Gasteiger partial charge in [0.25, 0.3) is 0 Å². The van der Waals surface area contributed by atoms with Crippen molar-refractivity contribution in [1.29, 1.82) is 0 Å². The average Bonchev–Trinajstić information content (AvgIpc) is 2.84. The van der Waals surface area contributed by atoms with Crippen molar-refractivity contribution in [3.05, 3.63) is 24.3 Å². The summed E-state index contributed by atoms with van der Waals surface area (Å²) in [4.78, 5) is 6.98. The second-order valence-electron chi connectivity index (χ2n) is 4.99. The number of anilines is 1. The Morgan fingerprint density at radius 1 is 1.39 bits per heavy atom. The van der Waals surface area contributed by atoms with E-state index in [0.29, 0.717) is 6.04 Å². The van der Waals surface area contributed by atoms with Crippen LogP contribution in [-0.2, 0) is 0 Å². The van der Waals surface area contributed by atoms with Crippen LogP contribution in [0.5, 0.6) is 0 Å². The van der Waals surface area contributed by atoms with Crippen molar-refractivity contribution >= 4 is 26.7 Å². The third kappa shape index (κ3) is 2.49. The maximum absolute atomic E-state index is 4.69. The van der Waals surface area contributed by atoms with Gasteiger partial charge < -0.3 is 10.2 Å². The summed E-state index contributed by atoms with van der Waals surface area (Å²) in [5, 5.41) is 4.72. The van der Waals surface area contributed by atoms with Gasteiger partial charge in [0.05, 0.1) is 10.2 Å². The van der Waals surface area contributed by atoms with Crippen LogP contribution >= 0.6 is 11.3 Å². The van der Waals surface area contributed by atoms with Gasteiger partial charge >= 0.3 is 0 Å². The number of hydrogen-bond donors (Lipinski definition) is 1. The Balaban J connectivity index is 1.72. The van der Waals surface area contributed by atoms with Crippen LogP contribution in [0.15, 0.2) is 24.3 Å². The molecule has 1 aliphatic heterocycles. The van der Waals surface area contributed by atoms with Crippen LogP contribution < -0.4 is 10.2 Å². The van der Waals surface area contributed by atoms with Crippen LogP contribution in [0.4, 0.5) is 5.13 Å². The van der Waals surface area contributed by atoms with Gasteiger partial charge in [-0.2, -0.15) is 0 Å². The lowest BCUT2D eigenvalue weighted by atomic mass is 10.1. The third-order valence-electron chi connectivity index (χ3n) is 3.52. The van der Waals surface area contributed by atoms with E-state index in [-0.39, 0.29) is 0 Å². The first-order chi connectivity index (χ1) is 8.83. The summed E-state index contributed by atoms with van der Waals surface area (Å²) in [6, 6.07) is 8.97. The summed E-state index contributed by atoms with van der Waals surface area (Å²) >= 11 is 1.78. The molecule has 1 aromatic carbocycles. The van der Waals surface area contributed by atoms with E-state index >= 15 is 0 Å². The molecule has 18 heavy (non-hydrogen) atoms. The van der Waals surface area contributed by atoms with Crippen LogP contribution in [0.25, 0.3) is 10.2 Å². The lowest BCUT2D eigenvalue weighted by Crippen LogP contribution is -2.42. The maximum atomic E-state index is 4.69. The van der Waals surface area contributed by atoms with Gasteiger partial charge in [-0.1, -0.05) is 29.9 Å². The number of nitrogens with one attached hydrogen (secondary N) is 1. The van der Waals surface area contributed by atoms with Crippen molar-refractivity contribution in [2.24, 2.45) is 0 Å². The quantitative estimate of drug-likeness (QED) is 0.921. The Hall–Kier alpha value is -1.13. The molecule has 1 unspecified atom stereocenters. The minimum atomic E-state index is 0.621. The second kappa shape index (κ2) is 5.24. The van der Waals surface area contributed by atoms with Crippen molar-refractivity contribution in [1.82, 2.24) is 10.3 Å². The fourth-order valence-electron chi connectivity index (χ4n) is 2.51. The van der Waals surface area contributed by atoms with Gasteiger partial charge in [0.15, 0.2) is 5.13 Å². The number of thiazole rings is 1. The maximum Gasteiger partial charge on any atom is 0.186 e. The molecule has 96 valence electrons. The Bertz CT molecular complexity index is 483. The zero-order valence-electron chi connectivity index (χ0n) is 10.7. The molecule has 1 N–H and O–H groups in total. The van der Waals surface area contributed by atoms with E-state index in [9.17, 15) is 0 Å². The molecule has 3 rings (SSSR count). The van der Waals surface area contributed by atoms with Crippen LogP contribution in [-0.4, -0.2) is 31.2 Å². The fourth-order valence-corrected chi connectivity index (χ4v) is 3.45. The van der Waals surface area contributed by atoms with Crippen LogP contribution in [0.2, 0.25) is 0 Å². The number of para-hydroxylation sites is 1. The van der Waals surface area contributed by atoms with Gasteiger partial charge in [-0.05, 0) is 31.5 Å². The van der Waals surface area contributed by atoms with Crippen molar-refractivity contribution in [3.8, 4) is 0 Å². The molecule has 1 fully saturated rings. The highest BCUT2D eigenvalue weighted by atomic mass is 32.1. The molecule has 4 heteroatoms. The second-order valence-corrected chi connectivity index (χ2v) is 6.00. The van der Waals surface area contributed by atoms with E-state index in [1.165, 1.54) is 30.5 Å². The van der Waals surface area contributed by atoms with Gasteiger partial charge in [-0.25, -0.2) is 4.98 Å². The molecule has 2 heterocycles. The first kappa shape index (κ1) is 11.9. The summed E-state index contributed by atoms with van der Waals surface area (Å²) < 4.78 is 1.27. The topological polar surface area (TPSA) is 28.2 Å². The van der Waals surface area contributed by atoms with E-state index < -0.39 is 0 Å². The standard InChI is InChI=1S/C14H19N3S/c1-17(10-11-6-4-5-9-15-11)14-16-12-7-2-3-8-13(12)18-14/h2-3,7-8,11,15H,4-6,9-10H2,1H3. The number of rotatable bonds is 3. The zero-order chi connectivity index (χ0) is 12.4. The molecule has 0 radical (unpaired) electrons. The SMILES string of the molecule is CN(CC1CCCCN1)c1nc2ccccc2s1. The predicted octanol–water partition coefficient (Wildman–Crippen LogP) is 2.87. The van der Waals surface area contributed by atoms with Crippen molar-refractivity contribution in [2.45, 2.75) is 25.3 Å². The highest BCUT2D eigenvalue weighted by Crippen LogP contribution is 2.28. The van der Waals surface area contributed by atoms with E-state index in [0.717, 1.165) is 17.2 Å². The summed E-state index contributed by atoms with van der Waals surface area (Å²) in [7, 11) is 2.15. The summed E-state index contributed by atoms with van der Waals surface area (Å²) in [6.07, 6.45) is 3.96. The lowest BCUT2D eigenvalue weighted by Gasteiger charge is -2.27. The molecule has 0 amide bonds. The first-order valence-electron chi connectivity index (χ1n) is 6.63. The minimum absolute atomic E-state index is 0.621. The van der Waals surface area contributed by atoms with Gasteiger partial charge in [0.2, 0.25) is 0 Å². The molecule has 1 atom stereocenters. The van der Waals surface area contributed by atoms with E-state index in [2.05, 4.69) is 41.5 Å². The monoisotopic (exact) mass is 261 g/mol. The van der Waals surface area contributed by atoms with Crippen molar-refractivity contribution < 1.29 is 0 Å². The summed E-state index contributed by atoms with van der Waals surface area (Å²) in [5.74, 6) is 0. The van der Waals surface area contributed by atoms with Crippen LogP contribution in [0.3, 0.4) is 0 Å². The number of benzene rings is 1. The third-order valence-corrected chi connectivity index (χ3v) is 4.67. The number of nitrogens with zero attached hydrogens (tertiary/aromatic N) is 2. The van der Waals surface area contributed by atoms with Gasteiger partial charge in [-0.15, -0.1) is 0 Å². The number of fused-ring (bicyclic) bond motifs is 1. The molecule has 1 aliphatic rings. The number of hydrogen-bond acceptors (Lipinski definition) is 4. The highest BCUT2D eigenvalue weighted by Gasteiger charge is 2.16. The minimum Gasteiger partial charge on any atom is -0.350 e. The van der Waals surface area contributed by atoms with Crippen LogP contribution in [0.1, 0.15) is 19.3 Å². The van der Waals surface area contributed by atoms with Crippen LogP contribution in [0, 0.1) is 0 Å². The predicted molar refractivity (Wildman–Crippen MR) is 78.5 cm³/mol. The molecule has 3 nitrogen and oxygen atoms in total. The van der Waals surface area contributed by atoms with Crippen molar-refractivity contribution in [3.63, 3.8) is 0 Å². The Morgan fingerprint density at radius 2 is 2.28 bits per heavy atom. The van der Waals surface area contributed by atoms with E-state index in [4.69, 9.17) is 4.98 Å². The molecule has 0 saturated carbocycles. The lowest BCUT2D eigenvalue weighted by molar-refractivity contribution is 0.403. The average molecular weight is 261 g/mol. The number of piperidine rings is 1. The highest BCUT2D eigenvalue weighted by molar-refractivity contribution is 7.22. The van der Waals surface area contributed by atoms with E-state index in [1.54, 1.807) is 11.3 Å². The molecule has 0 aliphatic carbocycles. The molecule has 1 aromatic heterocycles.